The fourth-order valence-corrected chi connectivity index (χ4v) is 3.62. The molecule has 3 amide bonds. The van der Waals surface area contributed by atoms with Gasteiger partial charge in [0, 0.05) is 32.5 Å². The minimum atomic E-state index is -0.309. The Morgan fingerprint density at radius 1 is 0.941 bits per heavy atom. The van der Waals surface area contributed by atoms with Crippen LogP contribution >= 0.6 is 0 Å². The highest BCUT2D eigenvalue weighted by Crippen LogP contribution is 2.19. The van der Waals surface area contributed by atoms with E-state index in [1.165, 1.54) is 0 Å². The Hall–Kier alpha value is -3.58. The lowest BCUT2D eigenvalue weighted by atomic mass is 10.1. The molecule has 3 aromatic rings. The quantitative estimate of drug-likeness (QED) is 0.406. The van der Waals surface area contributed by atoms with E-state index in [0.29, 0.717) is 38.4 Å². The van der Waals surface area contributed by atoms with Gasteiger partial charge >= 0.3 is 6.03 Å². The van der Waals surface area contributed by atoms with E-state index >= 15 is 0 Å². The topological polar surface area (TPSA) is 75.0 Å². The SMILES string of the molecule is COCCCN(CC(=O)N(Cc1ccccc1)Cc1ccco1)C(=O)Nc1cccc(C)c1C. The molecule has 0 saturated heterocycles. The van der Waals surface area contributed by atoms with Gasteiger partial charge in [-0.15, -0.1) is 0 Å². The highest BCUT2D eigenvalue weighted by atomic mass is 16.5. The smallest absolute Gasteiger partial charge is 0.322 e. The Morgan fingerprint density at radius 2 is 1.74 bits per heavy atom. The molecule has 1 N–H and O–H groups in total. The standard InChI is InChI=1S/C27H33N3O4/c1-21-10-7-14-25(22(21)2)28-27(32)29(15-9-16-33-3)20-26(31)30(19-24-13-8-17-34-24)18-23-11-5-4-6-12-23/h4-8,10-14,17H,9,15-16,18-20H2,1-3H3,(H,28,32). The van der Waals surface area contributed by atoms with E-state index < -0.39 is 0 Å². The number of urea groups is 1. The van der Waals surface area contributed by atoms with Gasteiger partial charge in [-0.25, -0.2) is 4.79 Å². The molecule has 34 heavy (non-hydrogen) atoms. The molecule has 1 aromatic heterocycles. The van der Waals surface area contributed by atoms with E-state index in [-0.39, 0.29) is 18.5 Å². The minimum Gasteiger partial charge on any atom is -0.467 e. The van der Waals surface area contributed by atoms with Crippen LogP contribution in [0.25, 0.3) is 0 Å². The number of carbonyl (C=O) groups excluding carboxylic acids is 2. The molecule has 0 aliphatic heterocycles. The van der Waals surface area contributed by atoms with Crippen LogP contribution < -0.4 is 5.32 Å². The highest BCUT2D eigenvalue weighted by molar-refractivity contribution is 5.93. The van der Waals surface area contributed by atoms with Crippen molar-refractivity contribution < 1.29 is 18.7 Å². The number of hydrogen-bond acceptors (Lipinski definition) is 4. The Labute approximate surface area is 201 Å². The fourth-order valence-electron chi connectivity index (χ4n) is 3.62. The molecule has 1 heterocycles. The van der Waals surface area contributed by atoms with Crippen LogP contribution in [-0.2, 0) is 22.6 Å². The zero-order valence-corrected chi connectivity index (χ0v) is 20.1. The molecule has 3 rings (SSSR count). The number of methoxy groups -OCH3 is 1. The van der Waals surface area contributed by atoms with Gasteiger partial charge in [-0.1, -0.05) is 42.5 Å². The Kier molecular flexibility index (Phi) is 9.29. The van der Waals surface area contributed by atoms with Gasteiger partial charge in [-0.2, -0.15) is 0 Å². The molecular formula is C27H33N3O4. The van der Waals surface area contributed by atoms with E-state index in [1.54, 1.807) is 29.2 Å². The lowest BCUT2D eigenvalue weighted by Gasteiger charge is -2.28. The van der Waals surface area contributed by atoms with Crippen LogP contribution in [0, 0.1) is 13.8 Å². The first-order valence-corrected chi connectivity index (χ1v) is 11.4. The maximum Gasteiger partial charge on any atom is 0.322 e. The van der Waals surface area contributed by atoms with Crippen LogP contribution in [0.5, 0.6) is 0 Å². The maximum atomic E-state index is 13.4. The summed E-state index contributed by atoms with van der Waals surface area (Å²) in [7, 11) is 1.62. The lowest BCUT2D eigenvalue weighted by molar-refractivity contribution is -0.133. The largest absolute Gasteiger partial charge is 0.467 e. The molecule has 0 unspecified atom stereocenters. The monoisotopic (exact) mass is 463 g/mol. The summed E-state index contributed by atoms with van der Waals surface area (Å²) in [4.78, 5) is 29.9. The second-order valence-electron chi connectivity index (χ2n) is 8.26. The van der Waals surface area contributed by atoms with E-state index in [2.05, 4.69) is 5.32 Å². The van der Waals surface area contributed by atoms with Crippen LogP contribution in [-0.4, -0.2) is 48.5 Å². The van der Waals surface area contributed by atoms with Crippen molar-refractivity contribution >= 4 is 17.6 Å². The number of furan rings is 1. The second-order valence-corrected chi connectivity index (χ2v) is 8.26. The number of amides is 3. The number of anilines is 1. The van der Waals surface area contributed by atoms with E-state index in [0.717, 1.165) is 22.4 Å². The number of carbonyl (C=O) groups is 2. The number of rotatable bonds is 11. The molecule has 0 bridgehead atoms. The maximum absolute atomic E-state index is 13.4. The number of benzene rings is 2. The minimum absolute atomic E-state index is 0.0477. The molecule has 0 aliphatic carbocycles. The summed E-state index contributed by atoms with van der Waals surface area (Å²) in [6.45, 7) is 5.57. The van der Waals surface area contributed by atoms with E-state index in [9.17, 15) is 9.59 Å². The van der Waals surface area contributed by atoms with Crippen molar-refractivity contribution in [2.45, 2.75) is 33.4 Å². The molecule has 180 valence electrons. The summed E-state index contributed by atoms with van der Waals surface area (Å²) in [6.07, 6.45) is 2.22. The van der Waals surface area contributed by atoms with Gasteiger partial charge in [-0.3, -0.25) is 4.79 Å². The first kappa shape index (κ1) is 25.1. The van der Waals surface area contributed by atoms with Crippen LogP contribution in [0.1, 0.15) is 28.9 Å². The Morgan fingerprint density at radius 3 is 2.44 bits per heavy atom. The first-order valence-electron chi connectivity index (χ1n) is 11.4. The summed E-state index contributed by atoms with van der Waals surface area (Å²) < 4.78 is 10.6. The van der Waals surface area contributed by atoms with Crippen molar-refractivity contribution in [2.24, 2.45) is 0 Å². The molecule has 7 heteroatoms. The second kappa shape index (κ2) is 12.6. The summed E-state index contributed by atoms with van der Waals surface area (Å²) >= 11 is 0. The summed E-state index contributed by atoms with van der Waals surface area (Å²) in [5.41, 5.74) is 3.84. The Bertz CT molecular complexity index is 1050. The molecule has 0 radical (unpaired) electrons. The van der Waals surface area contributed by atoms with Gasteiger partial charge in [0.25, 0.3) is 0 Å². The first-order chi connectivity index (χ1) is 16.5. The molecule has 2 aromatic carbocycles. The van der Waals surface area contributed by atoms with Crippen molar-refractivity contribution in [3.05, 3.63) is 89.4 Å². The number of ether oxygens (including phenoxy) is 1. The zero-order chi connectivity index (χ0) is 24.3. The normalized spacial score (nSPS) is 10.7. The van der Waals surface area contributed by atoms with Gasteiger partial charge in [0.15, 0.2) is 0 Å². The highest BCUT2D eigenvalue weighted by Gasteiger charge is 2.23. The van der Waals surface area contributed by atoms with Crippen LogP contribution in [0.4, 0.5) is 10.5 Å². The molecular weight excluding hydrogens is 430 g/mol. The predicted octanol–water partition coefficient (Wildman–Crippen LogP) is 5.00. The van der Waals surface area contributed by atoms with Crippen LogP contribution in [0.2, 0.25) is 0 Å². The van der Waals surface area contributed by atoms with Gasteiger partial charge in [0.1, 0.15) is 12.3 Å². The Balaban J connectivity index is 1.76. The molecule has 0 spiro atoms. The predicted molar refractivity (Wildman–Crippen MR) is 132 cm³/mol. The van der Waals surface area contributed by atoms with Crippen LogP contribution in [0.15, 0.2) is 71.3 Å². The van der Waals surface area contributed by atoms with Crippen molar-refractivity contribution in [1.82, 2.24) is 9.80 Å². The van der Waals surface area contributed by atoms with Crippen molar-refractivity contribution in [2.75, 3.05) is 32.1 Å². The summed E-state index contributed by atoms with van der Waals surface area (Å²) in [5, 5.41) is 2.97. The number of nitrogens with one attached hydrogen (secondary N) is 1. The third-order valence-corrected chi connectivity index (χ3v) is 5.73. The van der Waals surface area contributed by atoms with Gasteiger partial charge in [0.05, 0.1) is 12.8 Å². The van der Waals surface area contributed by atoms with Gasteiger partial charge in [0.2, 0.25) is 5.91 Å². The molecule has 7 nitrogen and oxygen atoms in total. The molecule has 0 aliphatic rings. The molecule has 0 fully saturated rings. The van der Waals surface area contributed by atoms with Crippen molar-refractivity contribution in [3.8, 4) is 0 Å². The van der Waals surface area contributed by atoms with Crippen molar-refractivity contribution in [1.29, 1.82) is 0 Å². The van der Waals surface area contributed by atoms with Crippen LogP contribution in [0.3, 0.4) is 0 Å². The average Bonchev–Trinajstić information content (AvgIpc) is 3.35. The number of aryl methyl sites for hydroxylation is 1. The summed E-state index contributed by atoms with van der Waals surface area (Å²) in [5.74, 6) is 0.531. The zero-order valence-electron chi connectivity index (χ0n) is 20.1. The van der Waals surface area contributed by atoms with Gasteiger partial charge < -0.3 is 24.3 Å². The number of hydrogen-bond donors (Lipinski definition) is 1. The van der Waals surface area contributed by atoms with Crippen molar-refractivity contribution in [3.63, 3.8) is 0 Å². The van der Waals surface area contributed by atoms with E-state index in [1.807, 2.05) is 68.4 Å². The molecule has 0 saturated carbocycles. The molecule has 0 atom stereocenters. The lowest BCUT2D eigenvalue weighted by Crippen LogP contribution is -2.44. The average molecular weight is 464 g/mol. The third-order valence-electron chi connectivity index (χ3n) is 5.73. The fraction of sp³-hybridized carbons (Fsp3) is 0.333. The summed E-state index contributed by atoms with van der Waals surface area (Å²) in [6, 6.07) is 18.9. The van der Waals surface area contributed by atoms with Gasteiger partial charge in [-0.05, 0) is 55.2 Å². The van der Waals surface area contributed by atoms with E-state index in [4.69, 9.17) is 9.15 Å². The third kappa shape index (κ3) is 7.22. The number of nitrogens with zero attached hydrogens (tertiary/aromatic N) is 2.